The summed E-state index contributed by atoms with van der Waals surface area (Å²) in [7, 11) is 1.75. The molecule has 3 heteroatoms. The SMILES string of the molecule is COc1ccc2ccccc2c1C[NH+]1CCOCC1. The van der Waals surface area contributed by atoms with Gasteiger partial charge in [-0.15, -0.1) is 0 Å². The maximum absolute atomic E-state index is 5.55. The van der Waals surface area contributed by atoms with Gasteiger partial charge in [0.05, 0.1) is 25.9 Å². The second-order valence-electron chi connectivity index (χ2n) is 5.01. The maximum Gasteiger partial charge on any atom is 0.128 e. The molecular formula is C16H20NO2+. The minimum atomic E-state index is 0.864. The highest BCUT2D eigenvalue weighted by Crippen LogP contribution is 2.27. The Balaban J connectivity index is 1.98. The summed E-state index contributed by atoms with van der Waals surface area (Å²) in [5.41, 5.74) is 1.32. The lowest BCUT2D eigenvalue weighted by molar-refractivity contribution is -0.921. The van der Waals surface area contributed by atoms with Gasteiger partial charge in [0.2, 0.25) is 0 Å². The average Bonchev–Trinajstić information content (AvgIpc) is 2.49. The molecule has 2 aromatic carbocycles. The Morgan fingerprint density at radius 1 is 1.11 bits per heavy atom. The summed E-state index contributed by atoms with van der Waals surface area (Å²) in [4.78, 5) is 1.57. The standard InChI is InChI=1S/C16H19NO2/c1-18-16-7-6-13-4-2-3-5-14(13)15(16)12-17-8-10-19-11-9-17/h2-7H,8-12H2,1H3/p+1. The molecule has 2 aromatic rings. The molecule has 1 saturated heterocycles. The van der Waals surface area contributed by atoms with E-state index in [0.717, 1.165) is 38.6 Å². The number of benzene rings is 2. The molecule has 1 aliphatic heterocycles. The van der Waals surface area contributed by atoms with E-state index in [4.69, 9.17) is 9.47 Å². The van der Waals surface area contributed by atoms with Crippen molar-refractivity contribution >= 4 is 10.8 Å². The maximum atomic E-state index is 5.55. The van der Waals surface area contributed by atoms with Gasteiger partial charge in [-0.05, 0) is 16.8 Å². The van der Waals surface area contributed by atoms with Gasteiger partial charge in [-0.3, -0.25) is 0 Å². The summed E-state index contributed by atoms with van der Waals surface area (Å²) in [5, 5.41) is 2.59. The Labute approximate surface area is 113 Å². The molecule has 19 heavy (non-hydrogen) atoms. The molecule has 0 atom stereocenters. The third-order valence-corrected chi connectivity index (χ3v) is 3.84. The fourth-order valence-electron chi connectivity index (χ4n) is 2.78. The van der Waals surface area contributed by atoms with E-state index in [9.17, 15) is 0 Å². The van der Waals surface area contributed by atoms with E-state index in [1.807, 2.05) is 0 Å². The first-order valence-corrected chi connectivity index (χ1v) is 6.84. The molecule has 100 valence electrons. The molecule has 1 N–H and O–H groups in total. The average molecular weight is 258 g/mol. The first-order valence-electron chi connectivity index (χ1n) is 6.84. The predicted octanol–water partition coefficient (Wildman–Crippen LogP) is 1.26. The van der Waals surface area contributed by atoms with Gasteiger partial charge in [-0.2, -0.15) is 0 Å². The van der Waals surface area contributed by atoms with E-state index in [-0.39, 0.29) is 0 Å². The van der Waals surface area contributed by atoms with Gasteiger partial charge in [0.25, 0.3) is 0 Å². The second-order valence-corrected chi connectivity index (χ2v) is 5.01. The molecule has 0 aliphatic carbocycles. The molecule has 0 spiro atoms. The van der Waals surface area contributed by atoms with Crippen LogP contribution in [0.15, 0.2) is 36.4 Å². The van der Waals surface area contributed by atoms with Gasteiger partial charge in [0.1, 0.15) is 25.4 Å². The van der Waals surface area contributed by atoms with E-state index < -0.39 is 0 Å². The van der Waals surface area contributed by atoms with Crippen LogP contribution < -0.4 is 9.64 Å². The van der Waals surface area contributed by atoms with Gasteiger partial charge < -0.3 is 14.4 Å². The number of quaternary nitrogens is 1. The van der Waals surface area contributed by atoms with E-state index >= 15 is 0 Å². The first-order chi connectivity index (χ1) is 9.38. The topological polar surface area (TPSA) is 22.9 Å². The summed E-state index contributed by atoms with van der Waals surface area (Å²) in [6.45, 7) is 4.89. The van der Waals surface area contributed by atoms with Crippen LogP contribution in [-0.4, -0.2) is 33.4 Å². The van der Waals surface area contributed by atoms with Crippen LogP contribution >= 0.6 is 0 Å². The van der Waals surface area contributed by atoms with Crippen LogP contribution in [-0.2, 0) is 11.3 Å². The number of rotatable bonds is 3. The highest BCUT2D eigenvalue weighted by molar-refractivity contribution is 5.87. The van der Waals surface area contributed by atoms with Gasteiger partial charge in [-0.25, -0.2) is 0 Å². The zero-order chi connectivity index (χ0) is 13.1. The molecule has 0 bridgehead atoms. The lowest BCUT2D eigenvalue weighted by atomic mass is 10.0. The monoisotopic (exact) mass is 258 g/mol. The fraction of sp³-hybridized carbons (Fsp3) is 0.375. The van der Waals surface area contributed by atoms with E-state index in [1.165, 1.54) is 16.3 Å². The largest absolute Gasteiger partial charge is 0.496 e. The quantitative estimate of drug-likeness (QED) is 0.896. The molecule has 1 fully saturated rings. The smallest absolute Gasteiger partial charge is 0.128 e. The molecule has 0 radical (unpaired) electrons. The van der Waals surface area contributed by atoms with Crippen molar-refractivity contribution < 1.29 is 14.4 Å². The van der Waals surface area contributed by atoms with Gasteiger partial charge >= 0.3 is 0 Å². The van der Waals surface area contributed by atoms with Crippen LogP contribution in [0.3, 0.4) is 0 Å². The summed E-state index contributed by atoms with van der Waals surface area (Å²) >= 11 is 0. The fourth-order valence-corrected chi connectivity index (χ4v) is 2.78. The molecule has 0 aromatic heterocycles. The van der Waals surface area contributed by atoms with Crippen LogP contribution in [0.1, 0.15) is 5.56 Å². The Kier molecular flexibility index (Phi) is 3.67. The Morgan fingerprint density at radius 2 is 1.89 bits per heavy atom. The molecule has 3 nitrogen and oxygen atoms in total. The number of ether oxygens (including phenoxy) is 2. The van der Waals surface area contributed by atoms with Crippen LogP contribution in [0.25, 0.3) is 10.8 Å². The van der Waals surface area contributed by atoms with Crippen molar-refractivity contribution in [3.05, 3.63) is 42.0 Å². The number of methoxy groups -OCH3 is 1. The molecule has 0 saturated carbocycles. The van der Waals surface area contributed by atoms with Crippen molar-refractivity contribution in [1.29, 1.82) is 0 Å². The lowest BCUT2D eigenvalue weighted by Gasteiger charge is -2.25. The number of hydrogen-bond acceptors (Lipinski definition) is 2. The van der Waals surface area contributed by atoms with E-state index in [1.54, 1.807) is 12.0 Å². The third kappa shape index (κ3) is 2.57. The summed E-state index contributed by atoms with van der Waals surface area (Å²) in [5.74, 6) is 0.998. The second kappa shape index (κ2) is 5.59. The molecule has 1 heterocycles. The Morgan fingerprint density at radius 3 is 2.68 bits per heavy atom. The molecule has 3 rings (SSSR count). The van der Waals surface area contributed by atoms with Gasteiger partial charge in [-0.1, -0.05) is 30.3 Å². The summed E-state index contributed by atoms with van der Waals surface area (Å²) in [6, 6.07) is 12.7. The zero-order valence-corrected chi connectivity index (χ0v) is 11.3. The van der Waals surface area contributed by atoms with Gasteiger partial charge in [0.15, 0.2) is 0 Å². The highest BCUT2D eigenvalue weighted by Gasteiger charge is 2.18. The minimum Gasteiger partial charge on any atom is -0.496 e. The third-order valence-electron chi connectivity index (χ3n) is 3.84. The molecule has 0 unspecified atom stereocenters. The van der Waals surface area contributed by atoms with Crippen molar-refractivity contribution in [3.63, 3.8) is 0 Å². The lowest BCUT2D eigenvalue weighted by Crippen LogP contribution is -3.12. The van der Waals surface area contributed by atoms with Crippen LogP contribution in [0, 0.1) is 0 Å². The normalized spacial score (nSPS) is 16.7. The van der Waals surface area contributed by atoms with E-state index in [2.05, 4.69) is 36.4 Å². The van der Waals surface area contributed by atoms with Crippen molar-refractivity contribution in [1.82, 2.24) is 0 Å². The minimum absolute atomic E-state index is 0.864. The van der Waals surface area contributed by atoms with Crippen LogP contribution in [0.5, 0.6) is 5.75 Å². The molecule has 0 amide bonds. The number of fused-ring (bicyclic) bond motifs is 1. The van der Waals surface area contributed by atoms with Crippen molar-refractivity contribution in [2.75, 3.05) is 33.4 Å². The summed E-state index contributed by atoms with van der Waals surface area (Å²) in [6.07, 6.45) is 0. The van der Waals surface area contributed by atoms with Crippen molar-refractivity contribution in [2.24, 2.45) is 0 Å². The number of nitrogens with one attached hydrogen (secondary N) is 1. The van der Waals surface area contributed by atoms with E-state index in [0.29, 0.717) is 0 Å². The van der Waals surface area contributed by atoms with Gasteiger partial charge in [0, 0.05) is 0 Å². The van der Waals surface area contributed by atoms with Crippen molar-refractivity contribution in [2.45, 2.75) is 6.54 Å². The molecular weight excluding hydrogens is 238 g/mol. The molecule has 1 aliphatic rings. The number of morpholine rings is 1. The highest BCUT2D eigenvalue weighted by atomic mass is 16.5. The van der Waals surface area contributed by atoms with Crippen molar-refractivity contribution in [3.8, 4) is 5.75 Å². The zero-order valence-electron chi connectivity index (χ0n) is 11.3. The predicted molar refractivity (Wildman–Crippen MR) is 75.7 cm³/mol. The summed E-state index contributed by atoms with van der Waals surface area (Å²) < 4.78 is 11.0. The Hall–Kier alpha value is -1.58. The Bertz CT molecular complexity index is 562. The van der Waals surface area contributed by atoms with Crippen LogP contribution in [0.2, 0.25) is 0 Å². The first kappa shape index (κ1) is 12.5. The van der Waals surface area contributed by atoms with Crippen LogP contribution in [0.4, 0.5) is 0 Å². The number of hydrogen-bond donors (Lipinski definition) is 1.